The van der Waals surface area contributed by atoms with Crippen LogP contribution in [0.15, 0.2) is 0 Å². The first-order valence-electron chi connectivity index (χ1n) is 7.13. The fourth-order valence-electron chi connectivity index (χ4n) is 1.63. The van der Waals surface area contributed by atoms with Crippen LogP contribution >= 0.6 is 0 Å². The smallest absolute Gasteiger partial charge is 0.331 e. The average Bonchev–Trinajstić information content (AvgIpc) is 2.46. The van der Waals surface area contributed by atoms with Gasteiger partial charge in [-0.3, -0.25) is 0 Å². The van der Waals surface area contributed by atoms with Crippen LogP contribution in [0.3, 0.4) is 0 Å². The second-order valence-corrected chi connectivity index (χ2v) is 12.3. The molecule has 0 amide bonds. The zero-order valence-corrected chi connectivity index (χ0v) is 16.0. The predicted octanol–water partition coefficient (Wildman–Crippen LogP) is 0.783. The highest BCUT2D eigenvalue weighted by molar-refractivity contribution is 6.78. The van der Waals surface area contributed by atoms with Crippen LogP contribution in [0.4, 0.5) is 0 Å². The van der Waals surface area contributed by atoms with Crippen LogP contribution in [0.2, 0.25) is 26.2 Å². The predicted molar refractivity (Wildman–Crippen MR) is 97.5 cm³/mol. The summed E-state index contributed by atoms with van der Waals surface area (Å²) in [4.78, 5) is 21.5. The first-order valence-corrected chi connectivity index (χ1v) is 12.8. The highest BCUT2D eigenvalue weighted by Crippen LogP contribution is 2.16. The van der Waals surface area contributed by atoms with Crippen molar-refractivity contribution in [2.75, 3.05) is 39.6 Å². The third kappa shape index (κ3) is 16.4. The van der Waals surface area contributed by atoms with Gasteiger partial charge in [-0.15, -0.1) is 0 Å². The molecule has 0 saturated carbocycles. The Hall–Kier alpha value is -0.826. The molecule has 0 bridgehead atoms. The molecular formula is C14H34O9Si2. The van der Waals surface area contributed by atoms with Gasteiger partial charge in [0.2, 0.25) is 0 Å². The van der Waals surface area contributed by atoms with Crippen molar-refractivity contribution in [2.45, 2.75) is 41.0 Å². The Labute approximate surface area is 152 Å². The maximum Gasteiger partial charge on any atom is 0.331 e. The van der Waals surface area contributed by atoms with E-state index in [0.717, 1.165) is 0 Å². The lowest BCUT2D eigenvalue weighted by molar-refractivity contribution is -0.148. The molecule has 152 valence electrons. The Morgan fingerprint density at radius 3 is 1.32 bits per heavy atom. The summed E-state index contributed by atoms with van der Waals surface area (Å²) in [6.07, 6.45) is 0. The number of hydrogen-bond donors (Lipinski definition) is 2. The van der Waals surface area contributed by atoms with Gasteiger partial charge in [0, 0.05) is 0 Å². The molecule has 0 aromatic rings. The van der Waals surface area contributed by atoms with E-state index in [1.165, 1.54) is 0 Å². The van der Waals surface area contributed by atoms with E-state index in [1.807, 2.05) is 26.2 Å². The fourth-order valence-corrected chi connectivity index (χ4v) is 7.98. The number of aliphatic hydroxyl groups excluding tert-OH is 2. The van der Waals surface area contributed by atoms with E-state index < -0.39 is 42.3 Å². The quantitative estimate of drug-likeness (QED) is 0.277. The summed E-state index contributed by atoms with van der Waals surface area (Å²) in [5.74, 6) is -1.41. The molecule has 0 aromatic heterocycles. The number of esters is 2. The molecular weight excluding hydrogens is 368 g/mol. The molecule has 0 unspecified atom stereocenters. The summed E-state index contributed by atoms with van der Waals surface area (Å²) in [6.45, 7) is 6.45. The average molecular weight is 403 g/mol. The third-order valence-corrected chi connectivity index (χ3v) is 8.07. The summed E-state index contributed by atoms with van der Waals surface area (Å²) in [5, 5.41) is 17.0. The normalized spacial score (nSPS) is 11.1. The Morgan fingerprint density at radius 2 is 1.04 bits per heavy atom. The summed E-state index contributed by atoms with van der Waals surface area (Å²) in [6, 6.07) is 0. The molecule has 0 fully saturated rings. The third-order valence-electron chi connectivity index (χ3n) is 2.34. The molecule has 0 spiro atoms. The van der Waals surface area contributed by atoms with E-state index in [9.17, 15) is 9.59 Å². The van der Waals surface area contributed by atoms with E-state index in [4.69, 9.17) is 32.7 Å². The van der Waals surface area contributed by atoms with Crippen molar-refractivity contribution in [3.8, 4) is 0 Å². The van der Waals surface area contributed by atoms with Gasteiger partial charge in [-0.1, -0.05) is 14.9 Å². The number of hydrogen-bond acceptors (Lipinski definition) is 9. The van der Waals surface area contributed by atoms with E-state index in [1.54, 1.807) is 0 Å². The van der Waals surface area contributed by atoms with Gasteiger partial charge in [-0.05, 0) is 26.2 Å². The van der Waals surface area contributed by atoms with Crippen molar-refractivity contribution in [3.63, 3.8) is 0 Å². The largest absolute Gasteiger partial charge is 0.462 e. The lowest BCUT2D eigenvalue weighted by Gasteiger charge is -2.32. The van der Waals surface area contributed by atoms with Gasteiger partial charge in [-0.2, -0.15) is 0 Å². The highest BCUT2D eigenvalue weighted by atomic mass is 28.5. The van der Waals surface area contributed by atoms with Crippen LogP contribution in [-0.4, -0.2) is 78.9 Å². The first kappa shape index (κ1) is 29.0. The topological polar surface area (TPSA) is 121 Å². The summed E-state index contributed by atoms with van der Waals surface area (Å²) >= 11 is 0. The van der Waals surface area contributed by atoms with Gasteiger partial charge in [0.05, 0.1) is 13.2 Å². The van der Waals surface area contributed by atoms with Gasteiger partial charge in [0.15, 0.2) is 0 Å². The number of carbonyl (C=O) groups excluding carboxylic acids is 2. The van der Waals surface area contributed by atoms with Crippen molar-refractivity contribution in [1.29, 1.82) is 0 Å². The van der Waals surface area contributed by atoms with Crippen molar-refractivity contribution < 1.29 is 42.2 Å². The van der Waals surface area contributed by atoms with Crippen LogP contribution in [0.1, 0.15) is 14.9 Å². The van der Waals surface area contributed by atoms with Crippen LogP contribution < -0.4 is 0 Å². The van der Waals surface area contributed by atoms with Crippen LogP contribution in [0.5, 0.6) is 0 Å². The molecule has 0 aliphatic rings. The molecule has 0 atom stereocenters. The summed E-state index contributed by atoms with van der Waals surface area (Å²) < 4.78 is 26.6. The lowest BCUT2D eigenvalue weighted by atomic mass is 10.7. The SMILES string of the molecule is C.C.C[Si](C)(OCCOC(=O)CO)O[Si](C)(C)OCCOC(=O)CO. The second-order valence-electron chi connectivity index (χ2n) is 5.36. The van der Waals surface area contributed by atoms with Gasteiger partial charge in [0.1, 0.15) is 26.4 Å². The minimum absolute atomic E-state index is 0. The van der Waals surface area contributed by atoms with Gasteiger partial charge >= 0.3 is 29.1 Å². The number of ether oxygens (including phenoxy) is 2. The molecule has 25 heavy (non-hydrogen) atoms. The molecule has 11 heteroatoms. The van der Waals surface area contributed by atoms with E-state index in [0.29, 0.717) is 0 Å². The van der Waals surface area contributed by atoms with Gasteiger partial charge in [0.25, 0.3) is 0 Å². The number of rotatable bonds is 12. The summed E-state index contributed by atoms with van der Waals surface area (Å²) in [7, 11) is -4.95. The minimum Gasteiger partial charge on any atom is -0.462 e. The van der Waals surface area contributed by atoms with Crippen molar-refractivity contribution in [2.24, 2.45) is 0 Å². The molecule has 2 N–H and O–H groups in total. The molecule has 0 aliphatic heterocycles. The molecule has 0 heterocycles. The van der Waals surface area contributed by atoms with E-state index in [-0.39, 0.29) is 41.3 Å². The maximum atomic E-state index is 10.8. The monoisotopic (exact) mass is 402 g/mol. The molecule has 0 aliphatic carbocycles. The van der Waals surface area contributed by atoms with Crippen LogP contribution in [-0.2, 0) is 32.0 Å². The lowest BCUT2D eigenvalue weighted by Crippen LogP contribution is -2.49. The highest BCUT2D eigenvalue weighted by Gasteiger charge is 2.36. The van der Waals surface area contributed by atoms with Gasteiger partial charge < -0.3 is 32.7 Å². The zero-order chi connectivity index (χ0) is 17.9. The Morgan fingerprint density at radius 1 is 0.720 bits per heavy atom. The second kappa shape index (κ2) is 14.4. The number of carbonyl (C=O) groups is 2. The van der Waals surface area contributed by atoms with Crippen LogP contribution in [0.25, 0.3) is 0 Å². The molecule has 9 nitrogen and oxygen atoms in total. The molecule has 0 aromatic carbocycles. The minimum atomic E-state index is -2.47. The van der Waals surface area contributed by atoms with Crippen molar-refractivity contribution >= 4 is 29.1 Å². The van der Waals surface area contributed by atoms with E-state index >= 15 is 0 Å². The first-order chi connectivity index (χ1) is 10.6. The Balaban J connectivity index is -0.00000242. The fraction of sp³-hybridized carbons (Fsp3) is 0.857. The molecule has 0 radical (unpaired) electrons. The van der Waals surface area contributed by atoms with Crippen molar-refractivity contribution in [3.05, 3.63) is 0 Å². The summed E-state index contributed by atoms with van der Waals surface area (Å²) in [5.41, 5.74) is 0. The maximum absolute atomic E-state index is 10.8. The Kier molecular flexibility index (Phi) is 16.6. The van der Waals surface area contributed by atoms with E-state index in [2.05, 4.69) is 0 Å². The Bertz CT molecular complexity index is 341. The van der Waals surface area contributed by atoms with Gasteiger partial charge in [-0.25, -0.2) is 9.59 Å². The zero-order valence-electron chi connectivity index (χ0n) is 14.0. The molecule has 0 saturated heterocycles. The van der Waals surface area contributed by atoms with Crippen LogP contribution in [0, 0.1) is 0 Å². The standard InChI is InChI=1S/C12H26O9Si2.2CH4/c1-22(2,19-7-5-17-11(15)9-13)21-23(3,4)20-8-6-18-12(16)10-14;;/h13-14H,5-10H2,1-4H3;2*1H4. The number of aliphatic hydroxyl groups is 2. The molecule has 0 rings (SSSR count). The van der Waals surface area contributed by atoms with Crippen molar-refractivity contribution in [1.82, 2.24) is 0 Å².